The Bertz CT molecular complexity index is 597. The highest BCUT2D eigenvalue weighted by molar-refractivity contribution is 7.11. The van der Waals surface area contributed by atoms with Crippen molar-refractivity contribution < 1.29 is 0 Å². The summed E-state index contributed by atoms with van der Waals surface area (Å²) >= 11 is 1.93. The first-order chi connectivity index (χ1) is 10.9. The van der Waals surface area contributed by atoms with Gasteiger partial charge in [0.25, 0.3) is 0 Å². The van der Waals surface area contributed by atoms with Crippen molar-refractivity contribution >= 4 is 17.2 Å². The summed E-state index contributed by atoms with van der Waals surface area (Å²) in [6, 6.07) is 2.45. The van der Waals surface area contributed by atoms with Gasteiger partial charge in [0.2, 0.25) is 0 Å². The Morgan fingerprint density at radius 2 is 2.18 bits per heavy atom. The first-order valence-electron chi connectivity index (χ1n) is 8.09. The topological polar surface area (TPSA) is 53.9 Å². The largest absolute Gasteiger partial charge is 0.367 e. The van der Waals surface area contributed by atoms with Gasteiger partial charge in [0.1, 0.15) is 17.2 Å². The van der Waals surface area contributed by atoms with Gasteiger partial charge in [-0.3, -0.25) is 4.90 Å². The van der Waals surface area contributed by atoms with Crippen LogP contribution in [-0.2, 0) is 19.4 Å². The molecule has 0 bridgehead atoms. The normalized spacial score (nSPS) is 19.3. The van der Waals surface area contributed by atoms with Crippen LogP contribution in [0.5, 0.6) is 0 Å². The van der Waals surface area contributed by atoms with Gasteiger partial charge in [-0.05, 0) is 38.2 Å². The van der Waals surface area contributed by atoms with Crippen LogP contribution in [0.3, 0.4) is 0 Å². The molecular formula is C16H21N5S. The Hall–Kier alpha value is -1.53. The molecule has 1 aliphatic carbocycles. The number of hydrogen-bond acceptors (Lipinski definition) is 6. The number of nitrogens with one attached hydrogen (secondary N) is 1. The van der Waals surface area contributed by atoms with Crippen LogP contribution in [0.4, 0.5) is 5.82 Å². The molecule has 1 aliphatic heterocycles. The van der Waals surface area contributed by atoms with E-state index in [1.807, 2.05) is 17.4 Å². The molecule has 0 spiro atoms. The van der Waals surface area contributed by atoms with Gasteiger partial charge in [-0.25, -0.2) is 15.0 Å². The van der Waals surface area contributed by atoms with Gasteiger partial charge in [0.15, 0.2) is 0 Å². The summed E-state index contributed by atoms with van der Waals surface area (Å²) in [5.41, 5.74) is 1.38. The molecule has 1 N–H and O–H groups in total. The van der Waals surface area contributed by atoms with Crippen molar-refractivity contribution in [3.8, 4) is 0 Å². The summed E-state index contributed by atoms with van der Waals surface area (Å²) in [6.45, 7) is 3.29. The number of likely N-dealkylation sites (tertiary alicyclic amines) is 1. The number of hydrogen-bond donors (Lipinski definition) is 1. The van der Waals surface area contributed by atoms with Crippen LogP contribution in [0, 0.1) is 0 Å². The molecule has 3 heterocycles. The Morgan fingerprint density at radius 3 is 2.95 bits per heavy atom. The molecule has 22 heavy (non-hydrogen) atoms. The maximum Gasteiger partial charge on any atom is 0.129 e. The van der Waals surface area contributed by atoms with Crippen LogP contribution in [0.1, 0.15) is 34.8 Å². The van der Waals surface area contributed by atoms with Gasteiger partial charge in [-0.1, -0.05) is 0 Å². The molecule has 116 valence electrons. The first-order valence-corrected chi connectivity index (χ1v) is 8.91. The lowest BCUT2D eigenvalue weighted by molar-refractivity contribution is 0.211. The Labute approximate surface area is 134 Å². The van der Waals surface area contributed by atoms with E-state index in [-0.39, 0.29) is 0 Å². The van der Waals surface area contributed by atoms with Gasteiger partial charge >= 0.3 is 0 Å². The second-order valence-corrected chi connectivity index (χ2v) is 7.29. The minimum atomic E-state index is 0.521. The maximum absolute atomic E-state index is 4.82. The quantitative estimate of drug-likeness (QED) is 0.939. The number of fused-ring (bicyclic) bond motifs is 1. The molecule has 4 rings (SSSR count). The molecule has 0 aromatic carbocycles. The zero-order chi connectivity index (χ0) is 14.8. The predicted octanol–water partition coefficient (Wildman–Crippen LogP) is 2.50. The fourth-order valence-electron chi connectivity index (χ4n) is 3.32. The lowest BCUT2D eigenvalue weighted by Crippen LogP contribution is -2.38. The minimum Gasteiger partial charge on any atom is -0.367 e. The second-order valence-electron chi connectivity index (χ2n) is 6.12. The average molecular weight is 315 g/mol. The summed E-state index contributed by atoms with van der Waals surface area (Å²) in [5.74, 6) is 0.935. The Kier molecular flexibility index (Phi) is 4.03. The molecule has 6 heteroatoms. The lowest BCUT2D eigenvalue weighted by Gasteiger charge is -2.32. The van der Waals surface area contributed by atoms with Gasteiger partial charge in [0.05, 0.1) is 12.2 Å². The second kappa shape index (κ2) is 6.30. The molecule has 0 amide bonds. The number of nitrogens with zero attached hydrogens (tertiary/aromatic N) is 4. The van der Waals surface area contributed by atoms with Crippen molar-refractivity contribution in [3.63, 3.8) is 0 Å². The van der Waals surface area contributed by atoms with Gasteiger partial charge in [0, 0.05) is 30.2 Å². The highest BCUT2D eigenvalue weighted by Gasteiger charge is 2.22. The molecule has 2 aromatic rings. The van der Waals surface area contributed by atoms with Crippen molar-refractivity contribution in [2.24, 2.45) is 0 Å². The van der Waals surface area contributed by atoms with E-state index < -0.39 is 0 Å². The van der Waals surface area contributed by atoms with E-state index in [1.165, 1.54) is 34.8 Å². The average Bonchev–Trinajstić information content (AvgIpc) is 3.12. The molecule has 5 nitrogen and oxygen atoms in total. The summed E-state index contributed by atoms with van der Waals surface area (Å²) in [5, 5.41) is 4.82. The smallest absolute Gasteiger partial charge is 0.129 e. The number of aryl methyl sites for hydroxylation is 2. The summed E-state index contributed by atoms with van der Waals surface area (Å²) in [4.78, 5) is 17.1. The molecule has 1 fully saturated rings. The van der Waals surface area contributed by atoms with Gasteiger partial charge < -0.3 is 5.32 Å². The lowest BCUT2D eigenvalue weighted by atomic mass is 10.1. The van der Waals surface area contributed by atoms with E-state index in [4.69, 9.17) is 4.98 Å². The standard InChI is InChI=1S/C16H21N5S/c1-2-13-14(3-1)22-16(20-13)10-21-8-5-12(6-9-21)19-15-4-7-17-11-18-15/h4,7,11-12H,1-3,5-6,8-10H2,(H,17,18,19). The number of aromatic nitrogens is 3. The highest BCUT2D eigenvalue weighted by atomic mass is 32.1. The SMILES string of the molecule is c1cc(NC2CCN(Cc3nc4c(s3)CCC4)CC2)ncn1. The van der Waals surface area contributed by atoms with E-state index in [0.717, 1.165) is 38.3 Å². The molecule has 0 saturated carbocycles. The fourth-order valence-corrected chi connectivity index (χ4v) is 4.52. The molecule has 2 aromatic heterocycles. The highest BCUT2D eigenvalue weighted by Crippen LogP contribution is 2.28. The number of piperidine rings is 1. The van der Waals surface area contributed by atoms with Crippen LogP contribution in [0.2, 0.25) is 0 Å². The zero-order valence-electron chi connectivity index (χ0n) is 12.7. The molecule has 0 radical (unpaired) electrons. The van der Waals surface area contributed by atoms with Crippen LogP contribution < -0.4 is 5.32 Å². The van der Waals surface area contributed by atoms with Crippen molar-refractivity contribution in [1.29, 1.82) is 0 Å². The van der Waals surface area contributed by atoms with E-state index in [1.54, 1.807) is 12.5 Å². The summed E-state index contributed by atoms with van der Waals surface area (Å²) < 4.78 is 0. The Morgan fingerprint density at radius 1 is 1.27 bits per heavy atom. The van der Waals surface area contributed by atoms with E-state index in [2.05, 4.69) is 20.2 Å². The summed E-state index contributed by atoms with van der Waals surface area (Å²) in [6.07, 6.45) is 9.44. The molecule has 0 atom stereocenters. The molecule has 2 aliphatic rings. The van der Waals surface area contributed by atoms with Crippen LogP contribution >= 0.6 is 11.3 Å². The number of anilines is 1. The van der Waals surface area contributed by atoms with E-state index in [9.17, 15) is 0 Å². The van der Waals surface area contributed by atoms with Crippen LogP contribution in [-0.4, -0.2) is 39.0 Å². The minimum absolute atomic E-state index is 0.521. The molecular weight excluding hydrogens is 294 g/mol. The Balaban J connectivity index is 1.28. The van der Waals surface area contributed by atoms with Gasteiger partial charge in [-0.2, -0.15) is 0 Å². The van der Waals surface area contributed by atoms with E-state index >= 15 is 0 Å². The third-order valence-corrected chi connectivity index (χ3v) is 5.66. The van der Waals surface area contributed by atoms with Crippen LogP contribution in [0.15, 0.2) is 18.6 Å². The van der Waals surface area contributed by atoms with Crippen molar-refractivity contribution in [1.82, 2.24) is 19.9 Å². The molecule has 0 unspecified atom stereocenters. The summed E-state index contributed by atoms with van der Waals surface area (Å²) in [7, 11) is 0. The third-order valence-electron chi connectivity index (χ3n) is 4.52. The fraction of sp³-hybridized carbons (Fsp3) is 0.562. The van der Waals surface area contributed by atoms with E-state index in [0.29, 0.717) is 6.04 Å². The van der Waals surface area contributed by atoms with Crippen molar-refractivity contribution in [3.05, 3.63) is 34.2 Å². The molecule has 1 saturated heterocycles. The van der Waals surface area contributed by atoms with Crippen LogP contribution in [0.25, 0.3) is 0 Å². The predicted molar refractivity (Wildman–Crippen MR) is 88.1 cm³/mol. The monoisotopic (exact) mass is 315 g/mol. The first kappa shape index (κ1) is 14.1. The van der Waals surface area contributed by atoms with Crippen molar-refractivity contribution in [2.75, 3.05) is 18.4 Å². The van der Waals surface area contributed by atoms with Crippen molar-refractivity contribution in [2.45, 2.75) is 44.7 Å². The third kappa shape index (κ3) is 3.13. The number of thiazole rings is 1. The zero-order valence-corrected chi connectivity index (χ0v) is 13.5. The van der Waals surface area contributed by atoms with Gasteiger partial charge in [-0.15, -0.1) is 11.3 Å². The maximum atomic E-state index is 4.82. The number of rotatable bonds is 4.